The van der Waals surface area contributed by atoms with Crippen molar-refractivity contribution in [3.63, 3.8) is 0 Å². The van der Waals surface area contributed by atoms with Crippen LogP contribution in [-0.2, 0) is 6.54 Å². The average Bonchev–Trinajstić information content (AvgIpc) is 3.47. The van der Waals surface area contributed by atoms with Gasteiger partial charge in [-0.05, 0) is 40.6 Å². The quantitative estimate of drug-likeness (QED) is 0.320. The fraction of sp³-hybridized carbons (Fsp3) is 0.200. The summed E-state index contributed by atoms with van der Waals surface area (Å²) in [5.41, 5.74) is 4.65. The Morgan fingerprint density at radius 2 is 1.87 bits per heavy atom. The number of carbonyl (C=O) groups is 1. The lowest BCUT2D eigenvalue weighted by molar-refractivity contribution is 0.0696. The molecule has 2 N–H and O–H groups in total. The highest BCUT2D eigenvalue weighted by atomic mass is 32.1. The number of benzene rings is 2. The molecule has 0 saturated carbocycles. The predicted molar refractivity (Wildman–Crippen MR) is 128 cm³/mol. The molecule has 0 fully saturated rings. The number of carboxylic acid groups (broad SMARTS) is 1. The standard InChI is InChI=1S/C25H24N2O2S2/c1-16(2)18-8-10-19(11-9-18)21-15-31-24(27-21)23(22-7-4-12-30-22)26-14-17-5-3-6-20(13-17)25(28)29/h3-13,15-16,23,26H,14H2,1-2H3,(H,28,29). The zero-order valence-electron chi connectivity index (χ0n) is 17.4. The van der Waals surface area contributed by atoms with Crippen molar-refractivity contribution < 1.29 is 9.90 Å². The molecule has 0 aliphatic carbocycles. The zero-order valence-corrected chi connectivity index (χ0v) is 19.0. The van der Waals surface area contributed by atoms with Crippen LogP contribution < -0.4 is 5.32 Å². The van der Waals surface area contributed by atoms with Crippen LogP contribution in [0.5, 0.6) is 0 Å². The Kier molecular flexibility index (Phi) is 6.61. The average molecular weight is 449 g/mol. The Bertz CT molecular complexity index is 1150. The van der Waals surface area contributed by atoms with Gasteiger partial charge in [0.2, 0.25) is 0 Å². The number of rotatable bonds is 8. The van der Waals surface area contributed by atoms with E-state index in [1.165, 1.54) is 10.4 Å². The Labute approximate surface area is 190 Å². The lowest BCUT2D eigenvalue weighted by Gasteiger charge is -2.15. The summed E-state index contributed by atoms with van der Waals surface area (Å²) in [7, 11) is 0. The van der Waals surface area contributed by atoms with Crippen molar-refractivity contribution in [2.24, 2.45) is 0 Å². The highest BCUT2D eigenvalue weighted by Crippen LogP contribution is 2.32. The molecule has 158 valence electrons. The number of carboxylic acids is 1. The summed E-state index contributed by atoms with van der Waals surface area (Å²) in [5.74, 6) is -0.406. The summed E-state index contributed by atoms with van der Waals surface area (Å²) in [6.07, 6.45) is 0. The monoisotopic (exact) mass is 448 g/mol. The molecule has 4 nitrogen and oxygen atoms in total. The first-order chi connectivity index (χ1) is 15.0. The molecule has 1 unspecified atom stereocenters. The zero-order chi connectivity index (χ0) is 21.8. The van der Waals surface area contributed by atoms with Crippen LogP contribution in [0.1, 0.15) is 57.2 Å². The van der Waals surface area contributed by atoms with E-state index in [2.05, 4.69) is 60.3 Å². The molecule has 0 saturated heterocycles. The first-order valence-corrected chi connectivity index (χ1v) is 11.9. The van der Waals surface area contributed by atoms with Gasteiger partial charge in [0.15, 0.2) is 0 Å². The Hall–Kier alpha value is -2.80. The number of aromatic carboxylic acids is 1. The van der Waals surface area contributed by atoms with Gasteiger partial charge in [0.25, 0.3) is 0 Å². The molecule has 0 bridgehead atoms. The van der Waals surface area contributed by atoms with Crippen LogP contribution in [0.15, 0.2) is 71.4 Å². The van der Waals surface area contributed by atoms with E-state index >= 15 is 0 Å². The Morgan fingerprint density at radius 3 is 2.55 bits per heavy atom. The molecule has 0 radical (unpaired) electrons. The normalized spacial score (nSPS) is 12.2. The molecule has 0 amide bonds. The molecule has 2 aromatic heterocycles. The van der Waals surface area contributed by atoms with Crippen LogP contribution in [0.3, 0.4) is 0 Å². The van der Waals surface area contributed by atoms with Crippen molar-refractivity contribution in [2.45, 2.75) is 32.4 Å². The lowest BCUT2D eigenvalue weighted by Crippen LogP contribution is -2.21. The lowest BCUT2D eigenvalue weighted by atomic mass is 10.0. The summed E-state index contributed by atoms with van der Waals surface area (Å²) in [5, 5.41) is 18.0. The molecule has 4 rings (SSSR count). The largest absolute Gasteiger partial charge is 0.478 e. The number of nitrogens with one attached hydrogen (secondary N) is 1. The van der Waals surface area contributed by atoms with Gasteiger partial charge in [0, 0.05) is 22.4 Å². The fourth-order valence-corrected chi connectivity index (χ4v) is 5.19. The van der Waals surface area contributed by atoms with Crippen molar-refractivity contribution in [3.05, 3.63) is 98.0 Å². The molecule has 0 aliphatic rings. The van der Waals surface area contributed by atoms with E-state index < -0.39 is 5.97 Å². The van der Waals surface area contributed by atoms with Crippen LogP contribution in [0.2, 0.25) is 0 Å². The number of thiazole rings is 1. The van der Waals surface area contributed by atoms with Gasteiger partial charge in [0.1, 0.15) is 5.01 Å². The molecule has 0 aliphatic heterocycles. The maximum atomic E-state index is 11.3. The van der Waals surface area contributed by atoms with Gasteiger partial charge in [0.05, 0.1) is 17.3 Å². The summed E-state index contributed by atoms with van der Waals surface area (Å²) < 4.78 is 0. The minimum absolute atomic E-state index is 0.0397. The summed E-state index contributed by atoms with van der Waals surface area (Å²) >= 11 is 3.33. The van der Waals surface area contributed by atoms with Gasteiger partial charge >= 0.3 is 5.97 Å². The third-order valence-electron chi connectivity index (χ3n) is 5.15. The van der Waals surface area contributed by atoms with E-state index in [9.17, 15) is 9.90 Å². The van der Waals surface area contributed by atoms with Crippen molar-refractivity contribution >= 4 is 28.6 Å². The van der Waals surface area contributed by atoms with Gasteiger partial charge in [-0.2, -0.15) is 0 Å². The van der Waals surface area contributed by atoms with E-state index in [0.29, 0.717) is 18.0 Å². The van der Waals surface area contributed by atoms with E-state index in [-0.39, 0.29) is 6.04 Å². The van der Waals surface area contributed by atoms with Crippen LogP contribution in [-0.4, -0.2) is 16.1 Å². The second-order valence-corrected chi connectivity index (χ2v) is 9.55. The van der Waals surface area contributed by atoms with E-state index in [4.69, 9.17) is 4.98 Å². The van der Waals surface area contributed by atoms with Crippen LogP contribution in [0, 0.1) is 0 Å². The highest BCUT2D eigenvalue weighted by Gasteiger charge is 2.19. The molecule has 1 atom stereocenters. The molecule has 0 spiro atoms. The van der Waals surface area contributed by atoms with Crippen molar-refractivity contribution in [3.8, 4) is 11.3 Å². The summed E-state index contributed by atoms with van der Waals surface area (Å²) in [6, 6.07) is 19.8. The summed E-state index contributed by atoms with van der Waals surface area (Å²) in [4.78, 5) is 17.4. The topological polar surface area (TPSA) is 62.2 Å². The third-order valence-corrected chi connectivity index (χ3v) is 7.00. The van der Waals surface area contributed by atoms with Gasteiger partial charge in [-0.1, -0.05) is 56.3 Å². The Balaban J connectivity index is 1.56. The smallest absolute Gasteiger partial charge is 0.335 e. The van der Waals surface area contributed by atoms with E-state index in [1.807, 2.05) is 12.1 Å². The first-order valence-electron chi connectivity index (χ1n) is 10.2. The van der Waals surface area contributed by atoms with Gasteiger partial charge < -0.3 is 5.11 Å². The number of thiophene rings is 1. The first kappa shape index (κ1) is 21.4. The van der Waals surface area contributed by atoms with Crippen molar-refractivity contribution in [1.29, 1.82) is 0 Å². The number of aromatic nitrogens is 1. The van der Waals surface area contributed by atoms with Crippen molar-refractivity contribution in [1.82, 2.24) is 10.3 Å². The van der Waals surface area contributed by atoms with E-state index in [1.54, 1.807) is 40.9 Å². The maximum absolute atomic E-state index is 11.3. The number of nitrogens with zero attached hydrogens (tertiary/aromatic N) is 1. The van der Waals surface area contributed by atoms with Gasteiger partial charge in [-0.15, -0.1) is 22.7 Å². The summed E-state index contributed by atoms with van der Waals surface area (Å²) in [6.45, 7) is 4.94. The number of hydrogen-bond acceptors (Lipinski definition) is 5. The second-order valence-electron chi connectivity index (χ2n) is 7.68. The minimum atomic E-state index is -0.912. The SMILES string of the molecule is CC(C)c1ccc(-c2csc(C(NCc3cccc(C(=O)O)c3)c3cccs3)n2)cc1. The molecular weight excluding hydrogens is 424 g/mol. The Morgan fingerprint density at radius 1 is 1.06 bits per heavy atom. The minimum Gasteiger partial charge on any atom is -0.478 e. The van der Waals surface area contributed by atoms with Crippen LogP contribution in [0.4, 0.5) is 0 Å². The molecule has 6 heteroatoms. The molecule has 2 aromatic carbocycles. The molecule has 4 aromatic rings. The van der Waals surface area contributed by atoms with Crippen molar-refractivity contribution in [2.75, 3.05) is 0 Å². The molecular formula is C25H24N2O2S2. The van der Waals surface area contributed by atoms with E-state index in [0.717, 1.165) is 21.8 Å². The fourth-order valence-electron chi connectivity index (χ4n) is 3.39. The predicted octanol–water partition coefficient (Wildman–Crippen LogP) is 6.57. The maximum Gasteiger partial charge on any atom is 0.335 e. The highest BCUT2D eigenvalue weighted by molar-refractivity contribution is 7.11. The third kappa shape index (κ3) is 5.10. The number of hydrogen-bond donors (Lipinski definition) is 2. The van der Waals surface area contributed by atoms with Crippen LogP contribution >= 0.6 is 22.7 Å². The molecule has 31 heavy (non-hydrogen) atoms. The van der Waals surface area contributed by atoms with Gasteiger partial charge in [-0.25, -0.2) is 9.78 Å². The second kappa shape index (κ2) is 9.56. The molecule has 2 heterocycles. The van der Waals surface area contributed by atoms with Gasteiger partial charge in [-0.3, -0.25) is 5.32 Å². The van der Waals surface area contributed by atoms with Crippen LogP contribution in [0.25, 0.3) is 11.3 Å².